The van der Waals surface area contributed by atoms with Crippen molar-refractivity contribution < 1.29 is 9.59 Å². The normalized spacial score (nSPS) is 14.2. The molecule has 0 spiro atoms. The van der Waals surface area contributed by atoms with Gasteiger partial charge in [-0.05, 0) is 18.9 Å². The summed E-state index contributed by atoms with van der Waals surface area (Å²) in [5.74, 6) is 0.185. The number of nitrogens with two attached hydrogens (primary N) is 1. The molecule has 1 aliphatic rings. The zero-order chi connectivity index (χ0) is 13.0. The van der Waals surface area contributed by atoms with Gasteiger partial charge in [-0.25, -0.2) is 0 Å². The molecule has 0 atom stereocenters. The molecule has 0 aromatic carbocycles. The molecule has 0 bridgehead atoms. The SMILES string of the molecule is Nc1ccn(CC(=O)NCCC(=O)NC2CC2)n1. The number of amides is 2. The molecule has 2 rings (SSSR count). The standard InChI is InChI=1S/C11H17N5O2/c12-9-4-6-16(15-9)7-11(18)13-5-3-10(17)14-8-1-2-8/h4,6,8H,1-3,5,7H2,(H2,12,15)(H,13,18)(H,14,17). The molecule has 2 amide bonds. The van der Waals surface area contributed by atoms with Crippen LogP contribution in [0.1, 0.15) is 19.3 Å². The number of hydrogen-bond acceptors (Lipinski definition) is 4. The van der Waals surface area contributed by atoms with Crippen molar-refractivity contribution in [3.8, 4) is 0 Å². The third kappa shape index (κ3) is 4.08. The van der Waals surface area contributed by atoms with E-state index >= 15 is 0 Å². The maximum absolute atomic E-state index is 11.5. The molecule has 0 saturated heterocycles. The molecule has 1 aromatic heterocycles. The molecular weight excluding hydrogens is 234 g/mol. The zero-order valence-corrected chi connectivity index (χ0v) is 10.1. The second kappa shape index (κ2) is 5.52. The average Bonchev–Trinajstić information content (AvgIpc) is 3.01. The Labute approximate surface area is 105 Å². The summed E-state index contributed by atoms with van der Waals surface area (Å²) in [6.07, 6.45) is 4.08. The summed E-state index contributed by atoms with van der Waals surface area (Å²) >= 11 is 0. The molecule has 1 heterocycles. The van der Waals surface area contributed by atoms with Gasteiger partial charge in [0.15, 0.2) is 0 Å². The largest absolute Gasteiger partial charge is 0.382 e. The summed E-state index contributed by atoms with van der Waals surface area (Å²) in [5.41, 5.74) is 5.43. The Bertz CT molecular complexity index is 438. The predicted octanol–water partition coefficient (Wildman–Crippen LogP) is -0.750. The zero-order valence-electron chi connectivity index (χ0n) is 10.1. The summed E-state index contributed by atoms with van der Waals surface area (Å²) < 4.78 is 1.45. The highest BCUT2D eigenvalue weighted by Gasteiger charge is 2.22. The van der Waals surface area contributed by atoms with E-state index < -0.39 is 0 Å². The Balaban J connectivity index is 1.60. The highest BCUT2D eigenvalue weighted by atomic mass is 16.2. The van der Waals surface area contributed by atoms with Gasteiger partial charge in [0.05, 0.1) is 0 Å². The lowest BCUT2D eigenvalue weighted by atomic mass is 10.4. The van der Waals surface area contributed by atoms with E-state index in [4.69, 9.17) is 5.73 Å². The highest BCUT2D eigenvalue weighted by molar-refractivity contribution is 5.79. The van der Waals surface area contributed by atoms with Crippen LogP contribution < -0.4 is 16.4 Å². The fourth-order valence-corrected chi connectivity index (χ4v) is 1.51. The Kier molecular flexibility index (Phi) is 3.81. The highest BCUT2D eigenvalue weighted by Crippen LogP contribution is 2.18. The Hall–Kier alpha value is -2.05. The van der Waals surface area contributed by atoms with Gasteiger partial charge in [-0.2, -0.15) is 5.10 Å². The average molecular weight is 251 g/mol. The number of rotatable bonds is 6. The first-order chi connectivity index (χ1) is 8.63. The maximum atomic E-state index is 11.5. The number of carbonyl (C=O) groups is 2. The van der Waals surface area contributed by atoms with Gasteiger partial charge in [0.25, 0.3) is 0 Å². The van der Waals surface area contributed by atoms with Crippen LogP contribution in [0.2, 0.25) is 0 Å². The summed E-state index contributed by atoms with van der Waals surface area (Å²) in [7, 11) is 0. The fraction of sp³-hybridized carbons (Fsp3) is 0.545. The van der Waals surface area contributed by atoms with Crippen LogP contribution in [0.3, 0.4) is 0 Å². The second-order valence-corrected chi connectivity index (χ2v) is 4.38. The minimum absolute atomic E-state index is 0.0128. The lowest BCUT2D eigenvalue weighted by Crippen LogP contribution is -2.33. The molecule has 7 nitrogen and oxygen atoms in total. The second-order valence-electron chi connectivity index (χ2n) is 4.38. The smallest absolute Gasteiger partial charge is 0.241 e. The Morgan fingerprint density at radius 1 is 1.44 bits per heavy atom. The predicted molar refractivity (Wildman–Crippen MR) is 65.4 cm³/mol. The number of anilines is 1. The van der Waals surface area contributed by atoms with Crippen molar-refractivity contribution in [1.82, 2.24) is 20.4 Å². The first-order valence-corrected chi connectivity index (χ1v) is 5.98. The maximum Gasteiger partial charge on any atom is 0.241 e. The third-order valence-electron chi connectivity index (χ3n) is 2.58. The van der Waals surface area contributed by atoms with E-state index in [1.54, 1.807) is 12.3 Å². The van der Waals surface area contributed by atoms with Crippen LogP contribution in [0.15, 0.2) is 12.3 Å². The Morgan fingerprint density at radius 2 is 2.22 bits per heavy atom. The van der Waals surface area contributed by atoms with E-state index in [2.05, 4.69) is 15.7 Å². The molecule has 98 valence electrons. The van der Waals surface area contributed by atoms with Crippen molar-refractivity contribution in [2.24, 2.45) is 0 Å². The van der Waals surface area contributed by atoms with Crippen LogP contribution in [0.25, 0.3) is 0 Å². The van der Waals surface area contributed by atoms with Crippen molar-refractivity contribution in [2.75, 3.05) is 12.3 Å². The van der Waals surface area contributed by atoms with Crippen molar-refractivity contribution in [1.29, 1.82) is 0 Å². The van der Waals surface area contributed by atoms with E-state index in [0.717, 1.165) is 12.8 Å². The van der Waals surface area contributed by atoms with Crippen molar-refractivity contribution >= 4 is 17.6 Å². The van der Waals surface area contributed by atoms with Gasteiger partial charge in [-0.1, -0.05) is 0 Å². The van der Waals surface area contributed by atoms with Crippen LogP contribution in [-0.4, -0.2) is 34.2 Å². The first kappa shape index (κ1) is 12.4. The molecule has 18 heavy (non-hydrogen) atoms. The minimum Gasteiger partial charge on any atom is -0.382 e. The molecule has 1 aromatic rings. The lowest BCUT2D eigenvalue weighted by Gasteiger charge is -2.05. The van der Waals surface area contributed by atoms with Crippen molar-refractivity contribution in [3.05, 3.63) is 12.3 Å². The molecule has 0 unspecified atom stereocenters. The fourth-order valence-electron chi connectivity index (χ4n) is 1.51. The molecule has 4 N–H and O–H groups in total. The summed E-state index contributed by atoms with van der Waals surface area (Å²) in [4.78, 5) is 22.8. The number of aromatic nitrogens is 2. The van der Waals surface area contributed by atoms with Crippen LogP contribution in [0, 0.1) is 0 Å². The lowest BCUT2D eigenvalue weighted by molar-refractivity contribution is -0.122. The van der Waals surface area contributed by atoms with E-state index in [9.17, 15) is 9.59 Å². The molecule has 0 radical (unpaired) electrons. The van der Waals surface area contributed by atoms with Crippen molar-refractivity contribution in [3.63, 3.8) is 0 Å². The number of nitrogens with zero attached hydrogens (tertiary/aromatic N) is 2. The molecule has 0 aliphatic heterocycles. The summed E-state index contributed by atoms with van der Waals surface area (Å²) in [5, 5.41) is 9.42. The monoisotopic (exact) mass is 251 g/mol. The van der Waals surface area contributed by atoms with E-state index in [0.29, 0.717) is 24.8 Å². The number of nitrogen functional groups attached to an aromatic ring is 1. The molecule has 1 saturated carbocycles. The quantitative estimate of drug-likeness (QED) is 0.619. The van der Waals surface area contributed by atoms with Crippen LogP contribution in [-0.2, 0) is 16.1 Å². The Morgan fingerprint density at radius 3 is 2.83 bits per heavy atom. The van der Waals surface area contributed by atoms with Gasteiger partial charge in [0, 0.05) is 25.2 Å². The molecule has 7 heteroatoms. The van der Waals surface area contributed by atoms with E-state index in [-0.39, 0.29) is 18.4 Å². The van der Waals surface area contributed by atoms with E-state index in [1.807, 2.05) is 0 Å². The summed E-state index contributed by atoms with van der Waals surface area (Å²) in [6.45, 7) is 0.454. The molecular formula is C11H17N5O2. The van der Waals surface area contributed by atoms with Crippen molar-refractivity contribution in [2.45, 2.75) is 31.8 Å². The van der Waals surface area contributed by atoms with E-state index in [1.165, 1.54) is 4.68 Å². The first-order valence-electron chi connectivity index (χ1n) is 5.98. The van der Waals surface area contributed by atoms with Crippen LogP contribution in [0.5, 0.6) is 0 Å². The van der Waals surface area contributed by atoms with Gasteiger partial charge in [0.1, 0.15) is 12.4 Å². The van der Waals surface area contributed by atoms with Gasteiger partial charge >= 0.3 is 0 Å². The number of carbonyl (C=O) groups excluding carboxylic acids is 2. The molecule has 1 aliphatic carbocycles. The topological polar surface area (TPSA) is 102 Å². The van der Waals surface area contributed by atoms with Crippen LogP contribution in [0.4, 0.5) is 5.82 Å². The third-order valence-corrected chi connectivity index (χ3v) is 2.58. The summed E-state index contributed by atoms with van der Waals surface area (Å²) in [6, 6.07) is 1.98. The minimum atomic E-state index is -0.183. The molecule has 1 fully saturated rings. The van der Waals surface area contributed by atoms with Gasteiger partial charge in [-0.3, -0.25) is 14.3 Å². The van der Waals surface area contributed by atoms with Gasteiger partial charge in [0.2, 0.25) is 11.8 Å². The van der Waals surface area contributed by atoms with Gasteiger partial charge in [-0.15, -0.1) is 0 Å². The number of hydrogen-bond donors (Lipinski definition) is 3. The van der Waals surface area contributed by atoms with Crippen LogP contribution >= 0.6 is 0 Å². The van der Waals surface area contributed by atoms with Gasteiger partial charge < -0.3 is 16.4 Å². The number of nitrogens with one attached hydrogen (secondary N) is 2.